The minimum absolute atomic E-state index is 0.0480. The van der Waals surface area contributed by atoms with E-state index < -0.39 is 0 Å². The van der Waals surface area contributed by atoms with Gasteiger partial charge in [-0.2, -0.15) is 0 Å². The molecule has 0 fully saturated rings. The molecule has 0 N–H and O–H groups in total. The lowest BCUT2D eigenvalue weighted by molar-refractivity contribution is 0.0953. The zero-order valence-electron chi connectivity index (χ0n) is 12.7. The highest BCUT2D eigenvalue weighted by Crippen LogP contribution is 2.31. The van der Waals surface area contributed by atoms with Crippen LogP contribution in [0.3, 0.4) is 0 Å². The average Bonchev–Trinajstić information content (AvgIpc) is 2.82. The number of rotatable bonds is 7. The zero-order chi connectivity index (χ0) is 16.1. The van der Waals surface area contributed by atoms with E-state index in [0.717, 1.165) is 6.54 Å². The van der Waals surface area contributed by atoms with Gasteiger partial charge in [0.15, 0.2) is 5.78 Å². The SMILES string of the molecule is CC(C)N(CCC(=O)c1cc(Cl)sc1Cl)Cc1ccccc1. The molecular formula is C17H19Cl2NOS. The second-order valence-electron chi connectivity index (χ2n) is 5.46. The van der Waals surface area contributed by atoms with Gasteiger partial charge in [0, 0.05) is 31.1 Å². The molecule has 0 saturated carbocycles. The Morgan fingerprint density at radius 1 is 1.23 bits per heavy atom. The Kier molecular flexibility index (Phi) is 6.45. The van der Waals surface area contributed by atoms with Gasteiger partial charge >= 0.3 is 0 Å². The van der Waals surface area contributed by atoms with E-state index >= 15 is 0 Å². The molecule has 1 aromatic heterocycles. The standard InChI is InChI=1S/C17H19Cl2NOS/c1-12(2)20(11-13-6-4-3-5-7-13)9-8-15(21)14-10-16(18)22-17(14)19/h3-7,10,12H,8-9,11H2,1-2H3. The van der Waals surface area contributed by atoms with Gasteiger partial charge in [-0.25, -0.2) is 0 Å². The maximum Gasteiger partial charge on any atom is 0.166 e. The number of halogens is 2. The molecule has 118 valence electrons. The Balaban J connectivity index is 1.97. The molecule has 0 atom stereocenters. The first kappa shape index (κ1) is 17.5. The summed E-state index contributed by atoms with van der Waals surface area (Å²) in [6.07, 6.45) is 0.442. The van der Waals surface area contributed by atoms with E-state index in [9.17, 15) is 4.79 Å². The van der Waals surface area contributed by atoms with Gasteiger partial charge in [-0.1, -0.05) is 53.5 Å². The van der Waals surface area contributed by atoms with Crippen molar-refractivity contribution < 1.29 is 4.79 Å². The Hall–Kier alpha value is -0.870. The fraction of sp³-hybridized carbons (Fsp3) is 0.353. The molecule has 2 aromatic rings. The number of ketones is 1. The molecule has 0 bridgehead atoms. The number of benzene rings is 1. The smallest absolute Gasteiger partial charge is 0.166 e. The van der Waals surface area contributed by atoms with E-state index in [4.69, 9.17) is 23.2 Å². The Morgan fingerprint density at radius 2 is 1.91 bits per heavy atom. The van der Waals surface area contributed by atoms with E-state index in [-0.39, 0.29) is 5.78 Å². The van der Waals surface area contributed by atoms with Crippen LogP contribution in [0.15, 0.2) is 36.4 Å². The molecule has 0 aliphatic heterocycles. The van der Waals surface area contributed by atoms with Gasteiger partial charge in [-0.15, -0.1) is 11.3 Å². The molecule has 0 aliphatic carbocycles. The summed E-state index contributed by atoms with van der Waals surface area (Å²) in [6, 6.07) is 12.3. The highest BCUT2D eigenvalue weighted by molar-refractivity contribution is 7.20. The van der Waals surface area contributed by atoms with Crippen molar-refractivity contribution in [2.75, 3.05) is 6.54 Å². The lowest BCUT2D eigenvalue weighted by Gasteiger charge is -2.26. The molecule has 1 heterocycles. The summed E-state index contributed by atoms with van der Waals surface area (Å²) in [5, 5.41) is 0. The van der Waals surface area contributed by atoms with Crippen molar-refractivity contribution in [2.45, 2.75) is 32.9 Å². The molecule has 0 saturated heterocycles. The molecule has 0 aliphatic rings. The third-order valence-corrected chi connectivity index (χ3v) is 5.03. The van der Waals surface area contributed by atoms with Gasteiger partial charge in [-0.3, -0.25) is 9.69 Å². The summed E-state index contributed by atoms with van der Waals surface area (Å²) >= 11 is 13.2. The zero-order valence-corrected chi connectivity index (χ0v) is 15.0. The first-order valence-electron chi connectivity index (χ1n) is 7.23. The fourth-order valence-electron chi connectivity index (χ4n) is 2.25. The largest absolute Gasteiger partial charge is 0.296 e. The molecular weight excluding hydrogens is 337 g/mol. The topological polar surface area (TPSA) is 20.3 Å². The van der Waals surface area contributed by atoms with Crippen LogP contribution in [0.25, 0.3) is 0 Å². The minimum Gasteiger partial charge on any atom is -0.296 e. The van der Waals surface area contributed by atoms with Crippen molar-refractivity contribution in [3.63, 3.8) is 0 Å². The molecule has 0 radical (unpaired) electrons. The van der Waals surface area contributed by atoms with Gasteiger partial charge in [0.05, 0.1) is 4.34 Å². The predicted molar refractivity (Wildman–Crippen MR) is 95.3 cm³/mol. The first-order chi connectivity index (χ1) is 10.5. The van der Waals surface area contributed by atoms with Crippen LogP contribution in [0.1, 0.15) is 36.2 Å². The Bertz CT molecular complexity index is 625. The summed E-state index contributed by atoms with van der Waals surface area (Å²) in [5.74, 6) is 0.0480. The molecule has 1 aromatic carbocycles. The van der Waals surface area contributed by atoms with Crippen molar-refractivity contribution >= 4 is 40.3 Å². The molecule has 5 heteroatoms. The fourth-order valence-corrected chi connectivity index (χ4v) is 3.75. The Morgan fingerprint density at radius 3 is 2.45 bits per heavy atom. The van der Waals surface area contributed by atoms with Crippen LogP contribution in [0.2, 0.25) is 8.67 Å². The Labute approximate surface area is 145 Å². The molecule has 2 rings (SSSR count). The second kappa shape index (κ2) is 8.11. The van der Waals surface area contributed by atoms with Crippen molar-refractivity contribution in [1.82, 2.24) is 4.90 Å². The number of carbonyl (C=O) groups is 1. The van der Waals surface area contributed by atoms with Crippen LogP contribution < -0.4 is 0 Å². The third-order valence-electron chi connectivity index (χ3n) is 3.54. The van der Waals surface area contributed by atoms with Crippen LogP contribution >= 0.6 is 34.5 Å². The van der Waals surface area contributed by atoms with Crippen molar-refractivity contribution in [3.05, 3.63) is 56.2 Å². The van der Waals surface area contributed by atoms with Crippen LogP contribution in [-0.2, 0) is 6.54 Å². The summed E-state index contributed by atoms with van der Waals surface area (Å²) in [5.41, 5.74) is 1.79. The number of nitrogens with zero attached hydrogens (tertiary/aromatic N) is 1. The average molecular weight is 356 g/mol. The summed E-state index contributed by atoms with van der Waals surface area (Å²) in [7, 11) is 0. The van der Waals surface area contributed by atoms with E-state index in [1.165, 1.54) is 16.9 Å². The van der Waals surface area contributed by atoms with Gasteiger partial charge in [0.2, 0.25) is 0 Å². The summed E-state index contributed by atoms with van der Waals surface area (Å²) < 4.78 is 1.03. The number of hydrogen-bond acceptors (Lipinski definition) is 3. The lowest BCUT2D eigenvalue weighted by Crippen LogP contribution is -2.32. The van der Waals surface area contributed by atoms with Crippen LogP contribution in [0.5, 0.6) is 0 Å². The van der Waals surface area contributed by atoms with Crippen LogP contribution in [0, 0.1) is 0 Å². The molecule has 0 unspecified atom stereocenters. The van der Waals surface area contributed by atoms with E-state index in [1.54, 1.807) is 6.07 Å². The summed E-state index contributed by atoms with van der Waals surface area (Å²) in [6.45, 7) is 5.82. The number of Topliss-reactive ketones (excluding diaryl/α,β-unsaturated/α-hetero) is 1. The van der Waals surface area contributed by atoms with Gasteiger partial charge in [-0.05, 0) is 25.5 Å². The van der Waals surface area contributed by atoms with Crippen molar-refractivity contribution in [3.8, 4) is 0 Å². The molecule has 0 spiro atoms. The number of thiophene rings is 1. The van der Waals surface area contributed by atoms with Crippen LogP contribution in [0.4, 0.5) is 0 Å². The first-order valence-corrected chi connectivity index (χ1v) is 8.80. The highest BCUT2D eigenvalue weighted by Gasteiger charge is 2.17. The number of hydrogen-bond donors (Lipinski definition) is 0. The van der Waals surface area contributed by atoms with Gasteiger partial charge in [0.25, 0.3) is 0 Å². The van der Waals surface area contributed by atoms with E-state index in [0.29, 0.717) is 33.2 Å². The van der Waals surface area contributed by atoms with Crippen LogP contribution in [-0.4, -0.2) is 23.3 Å². The second-order valence-corrected chi connectivity index (χ2v) is 7.75. The normalized spacial score (nSPS) is 11.4. The maximum atomic E-state index is 12.3. The predicted octanol–water partition coefficient (Wildman–Crippen LogP) is 5.54. The quantitative estimate of drug-likeness (QED) is 0.607. The maximum absolute atomic E-state index is 12.3. The lowest BCUT2D eigenvalue weighted by atomic mass is 10.1. The monoisotopic (exact) mass is 355 g/mol. The molecule has 22 heavy (non-hydrogen) atoms. The van der Waals surface area contributed by atoms with Crippen molar-refractivity contribution in [1.29, 1.82) is 0 Å². The third kappa shape index (κ3) is 4.82. The van der Waals surface area contributed by atoms with E-state index in [2.05, 4.69) is 30.9 Å². The highest BCUT2D eigenvalue weighted by atomic mass is 35.5. The van der Waals surface area contributed by atoms with Crippen molar-refractivity contribution in [2.24, 2.45) is 0 Å². The summed E-state index contributed by atoms with van der Waals surface area (Å²) in [4.78, 5) is 14.6. The molecule has 2 nitrogen and oxygen atoms in total. The van der Waals surface area contributed by atoms with Gasteiger partial charge < -0.3 is 0 Å². The van der Waals surface area contributed by atoms with Gasteiger partial charge in [0.1, 0.15) is 4.34 Å². The molecule has 0 amide bonds. The number of carbonyl (C=O) groups excluding carboxylic acids is 1. The minimum atomic E-state index is 0.0480. The van der Waals surface area contributed by atoms with E-state index in [1.807, 2.05) is 18.2 Å².